The van der Waals surface area contributed by atoms with Gasteiger partial charge in [0, 0.05) is 22.9 Å². The number of fused-ring (bicyclic) bond motifs is 2. The topological polar surface area (TPSA) is 23.6 Å². The van der Waals surface area contributed by atoms with Gasteiger partial charge in [-0.25, -0.2) is 0 Å². The molecule has 0 saturated carbocycles. The lowest BCUT2D eigenvalue weighted by atomic mass is 9.94. The van der Waals surface area contributed by atoms with Crippen molar-refractivity contribution in [1.29, 1.82) is 0 Å². The van der Waals surface area contributed by atoms with Gasteiger partial charge in [-0.15, -0.1) is 0 Å². The Kier molecular flexibility index (Phi) is 6.87. The molecule has 4 aliphatic rings. The molecule has 4 unspecified atom stereocenters. The Morgan fingerprint density at radius 2 is 1.04 bits per heavy atom. The Morgan fingerprint density at radius 1 is 0.615 bits per heavy atom. The molecule has 148 valence electrons. The quantitative estimate of drug-likeness (QED) is 0.676. The summed E-state index contributed by atoms with van der Waals surface area (Å²) in [6.45, 7) is 4.95. The number of rotatable bonds is 2. The summed E-state index contributed by atoms with van der Waals surface area (Å²) in [5.41, 5.74) is 0. The van der Waals surface area contributed by atoms with E-state index in [0.29, 0.717) is 22.6 Å². The number of piperidine rings is 2. The molecule has 3 fully saturated rings. The summed E-state index contributed by atoms with van der Waals surface area (Å²) in [7, 11) is -0.648. The van der Waals surface area contributed by atoms with Gasteiger partial charge in [-0.1, -0.05) is 25.0 Å². The van der Waals surface area contributed by atoms with Crippen molar-refractivity contribution in [2.75, 3.05) is 26.2 Å². The van der Waals surface area contributed by atoms with Crippen LogP contribution in [-0.4, -0.2) is 62.8 Å². The maximum atomic E-state index is 13.7. The monoisotopic (exact) mass is 378 g/mol. The molecule has 0 N–H and O–H groups in total. The van der Waals surface area contributed by atoms with Crippen LogP contribution >= 0.6 is 0 Å². The third kappa shape index (κ3) is 4.28. The zero-order valence-corrected chi connectivity index (χ0v) is 17.3. The van der Waals surface area contributed by atoms with Crippen molar-refractivity contribution in [2.45, 2.75) is 99.6 Å². The lowest BCUT2D eigenvalue weighted by Gasteiger charge is -2.39. The van der Waals surface area contributed by atoms with E-state index in [2.05, 4.69) is 22.0 Å². The van der Waals surface area contributed by atoms with Crippen LogP contribution in [0.5, 0.6) is 0 Å². The summed E-state index contributed by atoms with van der Waals surface area (Å²) in [5, 5.41) is 0.855. The highest BCUT2D eigenvalue weighted by Gasteiger charge is 2.44. The van der Waals surface area contributed by atoms with E-state index in [-0.39, 0.29) is 0 Å². The number of hydrogen-bond acceptors (Lipinski definition) is 3. The molecule has 26 heavy (non-hydrogen) atoms. The zero-order chi connectivity index (χ0) is 17.8. The second-order valence-corrected chi connectivity index (χ2v) is 10.8. The van der Waals surface area contributed by atoms with Crippen LogP contribution < -0.4 is 0 Å². The van der Waals surface area contributed by atoms with Gasteiger partial charge >= 0.3 is 0 Å². The van der Waals surface area contributed by atoms with Crippen molar-refractivity contribution in [3.63, 3.8) is 0 Å². The standard InChI is InChI=1S/C22H38N2OS/c25-26-21-13-14-22(26)20(24-17-9-4-10-18-24)12-6-2-1-5-11-19(21)23-15-7-3-8-16-23/h1-2,19-22H,3-18H2. The van der Waals surface area contributed by atoms with Crippen LogP contribution in [-0.2, 0) is 10.8 Å². The van der Waals surface area contributed by atoms with E-state index in [9.17, 15) is 4.21 Å². The Morgan fingerprint density at radius 3 is 1.46 bits per heavy atom. The summed E-state index contributed by atoms with van der Waals surface area (Å²) in [4.78, 5) is 5.44. The van der Waals surface area contributed by atoms with E-state index in [0.717, 1.165) is 0 Å². The fourth-order valence-electron chi connectivity index (χ4n) is 5.96. The smallest absolute Gasteiger partial charge is 0.0507 e. The summed E-state index contributed by atoms with van der Waals surface area (Å²) < 4.78 is 13.7. The van der Waals surface area contributed by atoms with E-state index in [1.165, 1.54) is 103 Å². The molecule has 0 aromatic heterocycles. The molecule has 0 aliphatic carbocycles. The van der Waals surface area contributed by atoms with Gasteiger partial charge in [0.25, 0.3) is 0 Å². The molecule has 4 heteroatoms. The van der Waals surface area contributed by atoms with Crippen molar-refractivity contribution in [3.8, 4) is 0 Å². The predicted molar refractivity (Wildman–Crippen MR) is 111 cm³/mol. The molecule has 4 rings (SSSR count). The Labute approximate surface area is 163 Å². The highest BCUT2D eigenvalue weighted by atomic mass is 32.2. The molecular formula is C22H38N2OS. The zero-order valence-electron chi connectivity index (χ0n) is 16.5. The number of allylic oxidation sites excluding steroid dienone is 2. The average Bonchev–Trinajstić information content (AvgIpc) is 3.04. The van der Waals surface area contributed by atoms with Crippen LogP contribution in [0.15, 0.2) is 12.2 Å². The van der Waals surface area contributed by atoms with E-state index < -0.39 is 10.8 Å². The van der Waals surface area contributed by atoms with Gasteiger partial charge in [0.2, 0.25) is 0 Å². The summed E-state index contributed by atoms with van der Waals surface area (Å²) >= 11 is 0. The first-order valence-corrected chi connectivity index (χ1v) is 12.6. The summed E-state index contributed by atoms with van der Waals surface area (Å²) in [5.74, 6) is 0. The van der Waals surface area contributed by atoms with E-state index in [1.54, 1.807) is 0 Å². The van der Waals surface area contributed by atoms with Crippen molar-refractivity contribution in [3.05, 3.63) is 12.2 Å². The highest BCUT2D eigenvalue weighted by Crippen LogP contribution is 2.36. The number of nitrogens with zero attached hydrogens (tertiary/aromatic N) is 2. The first kappa shape index (κ1) is 19.1. The Bertz CT molecular complexity index is 454. The first-order valence-electron chi connectivity index (χ1n) is 11.4. The van der Waals surface area contributed by atoms with Gasteiger partial charge in [0.05, 0.1) is 10.5 Å². The Balaban J connectivity index is 1.53. The Hall–Kier alpha value is -0.190. The maximum Gasteiger partial charge on any atom is 0.0507 e. The number of likely N-dealkylation sites (tertiary alicyclic amines) is 2. The molecule has 0 aromatic carbocycles. The van der Waals surface area contributed by atoms with Gasteiger partial charge in [-0.05, 0) is 90.4 Å². The summed E-state index contributed by atoms with van der Waals surface area (Å²) in [6, 6.07) is 1.12. The van der Waals surface area contributed by atoms with E-state index in [1.807, 2.05) is 0 Å². The molecule has 0 amide bonds. The second kappa shape index (κ2) is 9.34. The molecule has 0 aromatic rings. The van der Waals surface area contributed by atoms with Crippen molar-refractivity contribution >= 4 is 10.8 Å². The molecular weight excluding hydrogens is 340 g/mol. The van der Waals surface area contributed by atoms with Gasteiger partial charge in [0.1, 0.15) is 0 Å². The molecule has 4 aliphatic heterocycles. The fraction of sp³-hybridized carbons (Fsp3) is 0.909. The molecule has 3 saturated heterocycles. The van der Waals surface area contributed by atoms with Gasteiger partial charge in [0.15, 0.2) is 0 Å². The van der Waals surface area contributed by atoms with Crippen molar-refractivity contribution < 1.29 is 4.21 Å². The molecule has 4 atom stereocenters. The average molecular weight is 379 g/mol. The minimum absolute atomic E-state index is 0.428. The van der Waals surface area contributed by atoms with Crippen LogP contribution in [0.1, 0.15) is 77.0 Å². The SMILES string of the molecule is O=S1C2CCC1C(N1CCCCC1)CCC=CCCC2N1CCCCC1. The van der Waals surface area contributed by atoms with Gasteiger partial charge in [-0.3, -0.25) is 14.0 Å². The van der Waals surface area contributed by atoms with Crippen molar-refractivity contribution in [2.24, 2.45) is 0 Å². The molecule has 0 spiro atoms. The highest BCUT2D eigenvalue weighted by molar-refractivity contribution is 7.86. The minimum atomic E-state index is -0.648. The lowest BCUT2D eigenvalue weighted by molar-refractivity contribution is 0.147. The normalized spacial score (nSPS) is 41.0. The molecule has 2 bridgehead atoms. The minimum Gasteiger partial charge on any atom is -0.299 e. The number of hydrogen-bond donors (Lipinski definition) is 0. The third-order valence-corrected chi connectivity index (χ3v) is 9.63. The molecule has 0 radical (unpaired) electrons. The second-order valence-electron chi connectivity index (χ2n) is 8.94. The lowest BCUT2D eigenvalue weighted by Crippen LogP contribution is -2.50. The van der Waals surface area contributed by atoms with Crippen LogP contribution in [0.2, 0.25) is 0 Å². The van der Waals surface area contributed by atoms with Crippen molar-refractivity contribution in [1.82, 2.24) is 9.80 Å². The third-order valence-electron chi connectivity index (χ3n) is 7.34. The largest absolute Gasteiger partial charge is 0.299 e. The predicted octanol–water partition coefficient (Wildman–Crippen LogP) is 4.11. The van der Waals surface area contributed by atoms with Gasteiger partial charge < -0.3 is 0 Å². The van der Waals surface area contributed by atoms with Crippen LogP contribution in [0.4, 0.5) is 0 Å². The maximum absolute atomic E-state index is 13.7. The fourth-order valence-corrected chi connectivity index (χ4v) is 8.38. The van der Waals surface area contributed by atoms with Crippen LogP contribution in [0.25, 0.3) is 0 Å². The summed E-state index contributed by atoms with van der Waals surface area (Å²) in [6.07, 6.45) is 20.2. The first-order chi connectivity index (χ1) is 12.8. The van der Waals surface area contributed by atoms with Gasteiger partial charge in [-0.2, -0.15) is 0 Å². The van der Waals surface area contributed by atoms with Crippen LogP contribution in [0, 0.1) is 0 Å². The van der Waals surface area contributed by atoms with E-state index >= 15 is 0 Å². The molecule has 4 heterocycles. The van der Waals surface area contributed by atoms with Crippen LogP contribution in [0.3, 0.4) is 0 Å². The van der Waals surface area contributed by atoms with E-state index in [4.69, 9.17) is 0 Å². The molecule has 3 nitrogen and oxygen atoms in total.